The van der Waals surface area contributed by atoms with Gasteiger partial charge in [-0.1, -0.05) is 35.9 Å². The van der Waals surface area contributed by atoms with Crippen LogP contribution in [0.1, 0.15) is 16.7 Å². The van der Waals surface area contributed by atoms with Crippen molar-refractivity contribution in [2.24, 2.45) is 0 Å². The standard InChI is InChI=1S/C16H18N2/c1-12-5-7-13(8-6-12)11-18-10-9-14-15(17)3-2-4-16(14)18/h2-8H,9-11,17H2,1H3. The molecule has 2 N–H and O–H groups in total. The van der Waals surface area contributed by atoms with Crippen LogP contribution in [-0.4, -0.2) is 6.54 Å². The second-order valence-electron chi connectivity index (χ2n) is 5.00. The van der Waals surface area contributed by atoms with Crippen molar-refractivity contribution in [2.75, 3.05) is 17.2 Å². The molecule has 0 spiro atoms. The highest BCUT2D eigenvalue weighted by Gasteiger charge is 2.20. The van der Waals surface area contributed by atoms with E-state index in [2.05, 4.69) is 42.2 Å². The molecule has 1 aliphatic rings. The van der Waals surface area contributed by atoms with Crippen molar-refractivity contribution in [1.82, 2.24) is 0 Å². The van der Waals surface area contributed by atoms with Gasteiger partial charge in [-0.25, -0.2) is 0 Å². The lowest BCUT2D eigenvalue weighted by molar-refractivity contribution is 0.836. The van der Waals surface area contributed by atoms with E-state index in [0.717, 1.165) is 25.2 Å². The van der Waals surface area contributed by atoms with Gasteiger partial charge >= 0.3 is 0 Å². The predicted molar refractivity (Wildman–Crippen MR) is 76.8 cm³/mol. The van der Waals surface area contributed by atoms with Crippen LogP contribution < -0.4 is 10.6 Å². The Kier molecular flexibility index (Phi) is 2.71. The third-order valence-electron chi connectivity index (χ3n) is 3.65. The van der Waals surface area contributed by atoms with Crippen molar-refractivity contribution in [1.29, 1.82) is 0 Å². The summed E-state index contributed by atoms with van der Waals surface area (Å²) in [7, 11) is 0. The van der Waals surface area contributed by atoms with Gasteiger partial charge in [-0.05, 0) is 31.0 Å². The summed E-state index contributed by atoms with van der Waals surface area (Å²) >= 11 is 0. The Morgan fingerprint density at radius 3 is 2.67 bits per heavy atom. The fourth-order valence-corrected chi connectivity index (χ4v) is 2.61. The maximum atomic E-state index is 6.02. The molecule has 2 aromatic rings. The Balaban J connectivity index is 1.85. The lowest BCUT2D eigenvalue weighted by Gasteiger charge is -2.19. The zero-order valence-corrected chi connectivity index (χ0v) is 10.7. The molecule has 1 aliphatic heterocycles. The number of hydrogen-bond donors (Lipinski definition) is 1. The molecule has 0 aromatic heterocycles. The third-order valence-corrected chi connectivity index (χ3v) is 3.65. The molecule has 0 atom stereocenters. The van der Waals surface area contributed by atoms with Gasteiger partial charge < -0.3 is 10.6 Å². The summed E-state index contributed by atoms with van der Waals surface area (Å²) < 4.78 is 0. The van der Waals surface area contributed by atoms with Gasteiger partial charge in [0.2, 0.25) is 0 Å². The molecular formula is C16H18N2. The van der Waals surface area contributed by atoms with Gasteiger partial charge in [0, 0.05) is 30.0 Å². The summed E-state index contributed by atoms with van der Waals surface area (Å²) in [6.07, 6.45) is 1.06. The minimum atomic E-state index is 0.930. The van der Waals surface area contributed by atoms with Crippen molar-refractivity contribution in [3.05, 3.63) is 59.2 Å². The minimum absolute atomic E-state index is 0.930. The van der Waals surface area contributed by atoms with Gasteiger partial charge in [0.25, 0.3) is 0 Å². The van der Waals surface area contributed by atoms with E-state index < -0.39 is 0 Å². The van der Waals surface area contributed by atoms with Crippen LogP contribution in [0.5, 0.6) is 0 Å². The average molecular weight is 238 g/mol. The number of anilines is 2. The van der Waals surface area contributed by atoms with E-state index in [1.807, 2.05) is 12.1 Å². The van der Waals surface area contributed by atoms with Crippen LogP contribution in [-0.2, 0) is 13.0 Å². The molecule has 1 heterocycles. The van der Waals surface area contributed by atoms with Crippen LogP contribution in [0.2, 0.25) is 0 Å². The van der Waals surface area contributed by atoms with Crippen LogP contribution in [0, 0.1) is 6.92 Å². The maximum absolute atomic E-state index is 6.02. The molecule has 2 nitrogen and oxygen atoms in total. The van der Waals surface area contributed by atoms with Crippen molar-refractivity contribution >= 4 is 11.4 Å². The second-order valence-corrected chi connectivity index (χ2v) is 5.00. The average Bonchev–Trinajstić information content (AvgIpc) is 2.77. The molecule has 0 fully saturated rings. The predicted octanol–water partition coefficient (Wildman–Crippen LogP) is 3.14. The molecule has 18 heavy (non-hydrogen) atoms. The van der Waals surface area contributed by atoms with Gasteiger partial charge in [0.05, 0.1) is 0 Å². The summed E-state index contributed by atoms with van der Waals surface area (Å²) in [5.74, 6) is 0. The van der Waals surface area contributed by atoms with E-state index in [1.54, 1.807) is 0 Å². The van der Waals surface area contributed by atoms with Crippen molar-refractivity contribution in [3.8, 4) is 0 Å². The molecule has 0 bridgehead atoms. The number of nitrogens with zero attached hydrogens (tertiary/aromatic N) is 1. The van der Waals surface area contributed by atoms with E-state index in [1.165, 1.54) is 22.4 Å². The fourth-order valence-electron chi connectivity index (χ4n) is 2.61. The Hall–Kier alpha value is -1.96. The van der Waals surface area contributed by atoms with E-state index >= 15 is 0 Å². The lowest BCUT2D eigenvalue weighted by atomic mass is 10.1. The molecule has 0 amide bonds. The number of hydrogen-bond acceptors (Lipinski definition) is 2. The summed E-state index contributed by atoms with van der Waals surface area (Å²) in [6.45, 7) is 4.16. The SMILES string of the molecule is Cc1ccc(CN2CCc3c(N)cccc32)cc1. The van der Waals surface area contributed by atoms with Crippen LogP contribution in [0.3, 0.4) is 0 Å². The van der Waals surface area contributed by atoms with E-state index in [4.69, 9.17) is 5.73 Å². The van der Waals surface area contributed by atoms with E-state index in [9.17, 15) is 0 Å². The first-order valence-corrected chi connectivity index (χ1v) is 6.42. The molecule has 2 heteroatoms. The Morgan fingerprint density at radius 1 is 1.11 bits per heavy atom. The monoisotopic (exact) mass is 238 g/mol. The number of nitrogen functional groups attached to an aromatic ring is 1. The number of nitrogens with two attached hydrogens (primary N) is 1. The first-order chi connectivity index (χ1) is 8.74. The highest BCUT2D eigenvalue weighted by atomic mass is 15.1. The zero-order valence-electron chi connectivity index (χ0n) is 10.7. The zero-order chi connectivity index (χ0) is 12.5. The van der Waals surface area contributed by atoms with Crippen molar-refractivity contribution in [2.45, 2.75) is 19.9 Å². The molecule has 0 saturated carbocycles. The van der Waals surface area contributed by atoms with Crippen LogP contribution in [0.4, 0.5) is 11.4 Å². The smallest absolute Gasteiger partial charge is 0.0429 e. The summed E-state index contributed by atoms with van der Waals surface area (Å²) in [4.78, 5) is 2.41. The third kappa shape index (κ3) is 1.94. The second kappa shape index (κ2) is 4.37. The summed E-state index contributed by atoms with van der Waals surface area (Å²) in [6, 6.07) is 15.0. The molecule has 2 aromatic carbocycles. The number of fused-ring (bicyclic) bond motifs is 1. The highest BCUT2D eigenvalue weighted by molar-refractivity contribution is 5.68. The van der Waals surface area contributed by atoms with Gasteiger partial charge in [-0.3, -0.25) is 0 Å². The van der Waals surface area contributed by atoms with Crippen LogP contribution >= 0.6 is 0 Å². The molecular weight excluding hydrogens is 220 g/mol. The number of rotatable bonds is 2. The van der Waals surface area contributed by atoms with Crippen LogP contribution in [0.15, 0.2) is 42.5 Å². The molecule has 0 saturated heterocycles. The first kappa shape index (κ1) is 11.1. The quantitative estimate of drug-likeness (QED) is 0.814. The van der Waals surface area contributed by atoms with Crippen LogP contribution in [0.25, 0.3) is 0 Å². The van der Waals surface area contributed by atoms with Gasteiger partial charge in [-0.2, -0.15) is 0 Å². The van der Waals surface area contributed by atoms with Crippen molar-refractivity contribution < 1.29 is 0 Å². The van der Waals surface area contributed by atoms with Gasteiger partial charge in [0.15, 0.2) is 0 Å². The highest BCUT2D eigenvalue weighted by Crippen LogP contribution is 2.32. The van der Waals surface area contributed by atoms with Gasteiger partial charge in [0.1, 0.15) is 0 Å². The minimum Gasteiger partial charge on any atom is -0.398 e. The van der Waals surface area contributed by atoms with E-state index in [-0.39, 0.29) is 0 Å². The Bertz CT molecular complexity index is 558. The molecule has 3 rings (SSSR count). The fraction of sp³-hybridized carbons (Fsp3) is 0.250. The Labute approximate surface area is 108 Å². The number of aryl methyl sites for hydroxylation is 1. The molecule has 92 valence electrons. The lowest BCUT2D eigenvalue weighted by Crippen LogP contribution is -2.19. The van der Waals surface area contributed by atoms with E-state index in [0.29, 0.717) is 0 Å². The largest absolute Gasteiger partial charge is 0.398 e. The van der Waals surface area contributed by atoms with Gasteiger partial charge in [-0.15, -0.1) is 0 Å². The summed E-state index contributed by atoms with van der Waals surface area (Å²) in [5, 5.41) is 0. The molecule has 0 aliphatic carbocycles. The number of benzene rings is 2. The van der Waals surface area contributed by atoms with Crippen molar-refractivity contribution in [3.63, 3.8) is 0 Å². The normalized spacial score (nSPS) is 13.7. The Morgan fingerprint density at radius 2 is 1.89 bits per heavy atom. The molecule has 0 radical (unpaired) electrons. The maximum Gasteiger partial charge on any atom is 0.0429 e. The summed E-state index contributed by atoms with van der Waals surface area (Å²) in [5.41, 5.74) is 12.2. The topological polar surface area (TPSA) is 29.3 Å². The molecule has 0 unspecified atom stereocenters. The first-order valence-electron chi connectivity index (χ1n) is 6.42.